The number of tetrazole rings is 1. The van der Waals surface area contributed by atoms with E-state index in [0.29, 0.717) is 0 Å². The summed E-state index contributed by atoms with van der Waals surface area (Å²) >= 11 is 0. The molecular formula is C19H17F3N4O2. The van der Waals surface area contributed by atoms with E-state index in [1.165, 1.54) is 10.9 Å². The maximum atomic E-state index is 13.6. The molecule has 146 valence electrons. The predicted molar refractivity (Wildman–Crippen MR) is 94.5 cm³/mol. The first kappa shape index (κ1) is 19.5. The molecule has 0 unspecified atom stereocenters. The highest BCUT2D eigenvalue weighted by atomic mass is 19.4. The normalized spacial score (nSPS) is 12.1. The van der Waals surface area contributed by atoms with Crippen LogP contribution >= 0.6 is 0 Å². The van der Waals surface area contributed by atoms with E-state index in [9.17, 15) is 18.0 Å². The number of carbonyl (C=O) groups excluding carboxylic acids is 1. The van der Waals surface area contributed by atoms with Gasteiger partial charge in [0.1, 0.15) is 5.54 Å². The highest BCUT2D eigenvalue weighted by molar-refractivity contribution is 5.97. The van der Waals surface area contributed by atoms with Crippen molar-refractivity contribution >= 4 is 5.97 Å². The fourth-order valence-electron chi connectivity index (χ4n) is 2.82. The topological polar surface area (TPSA) is 69.9 Å². The molecule has 0 spiro atoms. The monoisotopic (exact) mass is 390 g/mol. The molecule has 1 heterocycles. The van der Waals surface area contributed by atoms with Crippen LogP contribution in [0.2, 0.25) is 0 Å². The van der Waals surface area contributed by atoms with Crippen LogP contribution in [0.5, 0.6) is 0 Å². The Labute approximate surface area is 158 Å². The van der Waals surface area contributed by atoms with Gasteiger partial charge in [-0.05, 0) is 36.8 Å². The van der Waals surface area contributed by atoms with Crippen LogP contribution in [0.15, 0.2) is 48.5 Å². The van der Waals surface area contributed by atoms with Crippen molar-refractivity contribution in [3.63, 3.8) is 0 Å². The second-order valence-corrected chi connectivity index (χ2v) is 6.55. The fraction of sp³-hybridized carbons (Fsp3) is 0.263. The van der Waals surface area contributed by atoms with Crippen LogP contribution in [0.4, 0.5) is 13.2 Å². The molecule has 0 fully saturated rings. The summed E-state index contributed by atoms with van der Waals surface area (Å²) in [4.78, 5) is 13.3. The van der Waals surface area contributed by atoms with E-state index in [2.05, 4.69) is 20.1 Å². The van der Waals surface area contributed by atoms with Crippen LogP contribution < -0.4 is 0 Å². The lowest BCUT2D eigenvalue weighted by atomic mass is 9.95. The van der Waals surface area contributed by atoms with Gasteiger partial charge < -0.3 is 4.74 Å². The Kier molecular flexibility index (Phi) is 4.93. The molecule has 0 aliphatic rings. The molecule has 2 aromatic carbocycles. The first-order valence-electron chi connectivity index (χ1n) is 8.31. The Morgan fingerprint density at radius 3 is 2.32 bits per heavy atom. The van der Waals surface area contributed by atoms with Gasteiger partial charge in [0.15, 0.2) is 0 Å². The number of esters is 1. The third-order valence-corrected chi connectivity index (χ3v) is 4.39. The number of alkyl halides is 3. The maximum absolute atomic E-state index is 13.6. The summed E-state index contributed by atoms with van der Waals surface area (Å²) in [6.07, 6.45) is -4.71. The van der Waals surface area contributed by atoms with Gasteiger partial charge in [-0.2, -0.15) is 18.0 Å². The van der Waals surface area contributed by atoms with Crippen LogP contribution in [0.3, 0.4) is 0 Å². The van der Waals surface area contributed by atoms with Gasteiger partial charge in [0.25, 0.3) is 0 Å². The minimum Gasteiger partial charge on any atom is -0.465 e. The first-order valence-corrected chi connectivity index (χ1v) is 8.31. The van der Waals surface area contributed by atoms with E-state index >= 15 is 0 Å². The Morgan fingerprint density at radius 1 is 1.04 bits per heavy atom. The average Bonchev–Trinajstić information content (AvgIpc) is 3.17. The zero-order valence-electron chi connectivity index (χ0n) is 15.4. The molecule has 6 nitrogen and oxygen atoms in total. The van der Waals surface area contributed by atoms with Crippen molar-refractivity contribution in [2.75, 3.05) is 7.11 Å². The van der Waals surface area contributed by atoms with E-state index < -0.39 is 28.8 Å². The zero-order chi connectivity index (χ0) is 20.5. The van der Waals surface area contributed by atoms with Gasteiger partial charge in [-0.3, -0.25) is 0 Å². The standard InChI is InChI=1S/C19H17F3N4O2/c1-18(2,12-8-5-4-6-9-12)26-24-16(23-25-26)15-13(17(27)28-3)10-7-11-14(15)19(20,21)22/h4-11H,1-3H3. The number of halogens is 3. The fourth-order valence-corrected chi connectivity index (χ4v) is 2.82. The molecule has 1 aromatic heterocycles. The molecular weight excluding hydrogens is 373 g/mol. The largest absolute Gasteiger partial charge is 0.465 e. The number of nitrogens with zero attached hydrogens (tertiary/aromatic N) is 4. The van der Waals surface area contributed by atoms with E-state index in [-0.39, 0.29) is 11.4 Å². The molecule has 3 rings (SSSR count). The van der Waals surface area contributed by atoms with Gasteiger partial charge in [-0.1, -0.05) is 36.4 Å². The lowest BCUT2D eigenvalue weighted by molar-refractivity contribution is -0.137. The van der Waals surface area contributed by atoms with Crippen molar-refractivity contribution in [3.05, 3.63) is 65.2 Å². The number of benzene rings is 2. The molecule has 0 N–H and O–H groups in total. The molecule has 0 saturated carbocycles. The second kappa shape index (κ2) is 7.06. The van der Waals surface area contributed by atoms with Gasteiger partial charge in [-0.15, -0.1) is 10.2 Å². The summed E-state index contributed by atoms with van der Waals surface area (Å²) in [5.74, 6) is -1.22. The van der Waals surface area contributed by atoms with E-state index in [1.807, 2.05) is 44.2 Å². The van der Waals surface area contributed by atoms with Crippen molar-refractivity contribution in [1.29, 1.82) is 0 Å². The lowest BCUT2D eigenvalue weighted by Crippen LogP contribution is -2.30. The SMILES string of the molecule is COC(=O)c1cccc(C(F)(F)F)c1-c1nnn(C(C)(C)c2ccccc2)n1. The lowest BCUT2D eigenvalue weighted by Gasteiger charge is -2.23. The van der Waals surface area contributed by atoms with Crippen molar-refractivity contribution < 1.29 is 22.7 Å². The molecule has 0 bridgehead atoms. The zero-order valence-corrected chi connectivity index (χ0v) is 15.4. The Morgan fingerprint density at radius 2 is 1.71 bits per heavy atom. The number of aromatic nitrogens is 4. The van der Waals surface area contributed by atoms with Gasteiger partial charge in [-0.25, -0.2) is 4.79 Å². The maximum Gasteiger partial charge on any atom is 0.417 e. The van der Waals surface area contributed by atoms with Crippen LogP contribution in [0.25, 0.3) is 11.4 Å². The smallest absolute Gasteiger partial charge is 0.417 e. The molecule has 9 heteroatoms. The quantitative estimate of drug-likeness (QED) is 0.632. The summed E-state index contributed by atoms with van der Waals surface area (Å²) in [6.45, 7) is 3.62. The molecule has 3 aromatic rings. The summed E-state index contributed by atoms with van der Waals surface area (Å²) < 4.78 is 45.3. The number of hydrogen-bond acceptors (Lipinski definition) is 5. The molecule has 0 amide bonds. The third-order valence-electron chi connectivity index (χ3n) is 4.39. The van der Waals surface area contributed by atoms with Crippen molar-refractivity contribution in [2.24, 2.45) is 0 Å². The average molecular weight is 390 g/mol. The van der Waals surface area contributed by atoms with E-state index in [4.69, 9.17) is 0 Å². The number of rotatable bonds is 4. The van der Waals surface area contributed by atoms with Crippen LogP contribution in [0, 0.1) is 0 Å². The highest BCUT2D eigenvalue weighted by Gasteiger charge is 2.38. The predicted octanol–water partition coefficient (Wildman–Crippen LogP) is 3.93. The molecule has 0 atom stereocenters. The number of carbonyl (C=O) groups is 1. The Bertz CT molecular complexity index is 998. The van der Waals surface area contributed by atoms with Crippen molar-refractivity contribution in [1.82, 2.24) is 20.2 Å². The molecule has 0 aliphatic heterocycles. The van der Waals surface area contributed by atoms with E-state index in [1.54, 1.807) is 0 Å². The number of methoxy groups -OCH3 is 1. The van der Waals surface area contributed by atoms with Crippen molar-refractivity contribution in [3.8, 4) is 11.4 Å². The highest BCUT2D eigenvalue weighted by Crippen LogP contribution is 2.38. The molecule has 0 aliphatic carbocycles. The second-order valence-electron chi connectivity index (χ2n) is 6.55. The van der Waals surface area contributed by atoms with Gasteiger partial charge >= 0.3 is 12.1 Å². The van der Waals surface area contributed by atoms with Crippen LogP contribution in [-0.4, -0.2) is 33.3 Å². The third kappa shape index (κ3) is 3.47. The summed E-state index contributed by atoms with van der Waals surface area (Å²) in [5, 5.41) is 11.9. The van der Waals surface area contributed by atoms with Gasteiger partial charge in [0.05, 0.1) is 18.2 Å². The Balaban J connectivity index is 2.17. The van der Waals surface area contributed by atoms with Crippen LogP contribution in [-0.2, 0) is 16.5 Å². The molecule has 0 saturated heterocycles. The molecule has 0 radical (unpaired) electrons. The summed E-state index contributed by atoms with van der Waals surface area (Å²) in [5.41, 5.74) is -1.71. The number of hydrogen-bond donors (Lipinski definition) is 0. The van der Waals surface area contributed by atoms with Gasteiger partial charge in [0.2, 0.25) is 5.82 Å². The summed E-state index contributed by atoms with van der Waals surface area (Å²) in [7, 11) is 1.09. The first-order chi connectivity index (χ1) is 13.2. The number of ether oxygens (including phenoxy) is 1. The van der Waals surface area contributed by atoms with Gasteiger partial charge in [0, 0.05) is 5.56 Å². The minimum absolute atomic E-state index is 0.283. The van der Waals surface area contributed by atoms with Crippen LogP contribution in [0.1, 0.15) is 35.3 Å². The Hall–Kier alpha value is -3.23. The van der Waals surface area contributed by atoms with Crippen molar-refractivity contribution in [2.45, 2.75) is 25.6 Å². The minimum atomic E-state index is -4.71. The summed E-state index contributed by atoms with van der Waals surface area (Å²) in [6, 6.07) is 12.5. The van der Waals surface area contributed by atoms with E-state index in [0.717, 1.165) is 24.8 Å². The molecule has 28 heavy (non-hydrogen) atoms.